The summed E-state index contributed by atoms with van der Waals surface area (Å²) in [5.74, 6) is -0.325. The first-order valence-electron chi connectivity index (χ1n) is 20.7. The molecular weight excluding hydrogens is 628 g/mol. The van der Waals surface area contributed by atoms with Gasteiger partial charge in [0.05, 0.1) is 12.2 Å². The Morgan fingerprint density at radius 1 is 0.900 bits per heavy atom. The lowest BCUT2D eigenvalue weighted by molar-refractivity contribution is -0.201. The van der Waals surface area contributed by atoms with Crippen LogP contribution in [-0.4, -0.2) is 53.3 Å². The summed E-state index contributed by atoms with van der Waals surface area (Å²) in [4.78, 5) is 39.4. The van der Waals surface area contributed by atoms with Crippen LogP contribution in [-0.2, 0) is 28.6 Å². The van der Waals surface area contributed by atoms with E-state index in [0.29, 0.717) is 25.7 Å². The number of aliphatic hydroxyl groups is 1. The quantitative estimate of drug-likeness (QED) is 0.0943. The molecule has 1 saturated heterocycles. The monoisotopic (exact) mass is 696 g/mol. The van der Waals surface area contributed by atoms with E-state index in [4.69, 9.17) is 14.2 Å². The standard InChI is InChI=1S/C43H68O7/c1-5-7-8-9-10-11-12-13-14-15-16-17-18-19-20-22-38(47)48-30-36(46)43-37(49-39(50-43)21-6-2)28-34-33-24-23-31-27-32(44)25-26-41(31,3)40(33)35(45)29-42(34,43)4/h25-27,33-35,37,39-40,45H,5-24,28-30H2,1-4H3/t33-,34-,35-,37+,39+,40+,41-,42-,43+/m0/s1. The van der Waals surface area contributed by atoms with Crippen LogP contribution in [0.3, 0.4) is 0 Å². The molecule has 0 radical (unpaired) electrons. The summed E-state index contributed by atoms with van der Waals surface area (Å²) in [6.45, 7) is 8.29. The minimum Gasteiger partial charge on any atom is -0.458 e. The Morgan fingerprint density at radius 3 is 2.14 bits per heavy atom. The van der Waals surface area contributed by atoms with Gasteiger partial charge < -0.3 is 19.3 Å². The molecule has 9 atom stereocenters. The van der Waals surface area contributed by atoms with Crippen molar-refractivity contribution in [2.24, 2.45) is 28.6 Å². The van der Waals surface area contributed by atoms with Crippen LogP contribution in [0.15, 0.2) is 23.8 Å². The maximum atomic E-state index is 14.3. The number of ketones is 2. The zero-order valence-electron chi connectivity index (χ0n) is 31.9. The minimum atomic E-state index is -1.26. The van der Waals surface area contributed by atoms with Crippen LogP contribution >= 0.6 is 0 Å². The average molecular weight is 697 g/mol. The highest BCUT2D eigenvalue weighted by Gasteiger charge is 2.75. The van der Waals surface area contributed by atoms with Crippen molar-refractivity contribution in [1.82, 2.24) is 0 Å². The normalized spacial score (nSPS) is 35.6. The molecule has 0 amide bonds. The van der Waals surface area contributed by atoms with Crippen LogP contribution in [0.5, 0.6) is 0 Å². The summed E-state index contributed by atoms with van der Waals surface area (Å²) in [7, 11) is 0. The Hall–Kier alpha value is -1.83. The Balaban J connectivity index is 1.09. The zero-order chi connectivity index (χ0) is 35.8. The summed E-state index contributed by atoms with van der Waals surface area (Å²) in [6, 6.07) is 0. The number of carbonyl (C=O) groups excluding carboxylic acids is 3. The second-order valence-corrected chi connectivity index (χ2v) is 16.9. The maximum absolute atomic E-state index is 14.3. The molecule has 0 aromatic carbocycles. The Kier molecular flexibility index (Phi) is 14.0. The summed E-state index contributed by atoms with van der Waals surface area (Å²) >= 11 is 0. The van der Waals surface area contributed by atoms with E-state index >= 15 is 0 Å². The second kappa shape index (κ2) is 17.8. The number of esters is 1. The fourth-order valence-electron chi connectivity index (χ4n) is 11.0. The topological polar surface area (TPSA) is 99.1 Å². The number of Topliss-reactive ketones (excluding diaryl/α,β-unsaturated/α-hetero) is 1. The number of unbranched alkanes of at least 4 members (excludes halogenated alkanes) is 14. The van der Waals surface area contributed by atoms with Gasteiger partial charge in [-0.3, -0.25) is 14.4 Å². The third-order valence-electron chi connectivity index (χ3n) is 13.6. The molecule has 0 unspecified atom stereocenters. The fourth-order valence-corrected chi connectivity index (χ4v) is 11.0. The molecule has 0 spiro atoms. The van der Waals surface area contributed by atoms with Crippen molar-refractivity contribution in [2.45, 2.75) is 193 Å². The molecule has 1 heterocycles. The number of ether oxygens (including phenoxy) is 3. The van der Waals surface area contributed by atoms with Gasteiger partial charge >= 0.3 is 5.97 Å². The number of hydrogen-bond acceptors (Lipinski definition) is 7. The van der Waals surface area contributed by atoms with Gasteiger partial charge in [-0.15, -0.1) is 0 Å². The lowest BCUT2D eigenvalue weighted by Gasteiger charge is -2.59. The van der Waals surface area contributed by atoms with E-state index in [1.807, 2.05) is 6.08 Å². The number of allylic oxidation sites excluding steroid dienone is 4. The molecule has 4 aliphatic carbocycles. The Bertz CT molecular complexity index is 1220. The third-order valence-corrected chi connectivity index (χ3v) is 13.6. The van der Waals surface area contributed by atoms with Crippen molar-refractivity contribution in [3.05, 3.63) is 23.8 Å². The molecule has 1 aliphatic heterocycles. The van der Waals surface area contributed by atoms with Crippen LogP contribution < -0.4 is 0 Å². The van der Waals surface area contributed by atoms with Gasteiger partial charge in [0.15, 0.2) is 24.3 Å². The van der Waals surface area contributed by atoms with Crippen molar-refractivity contribution in [1.29, 1.82) is 0 Å². The number of aliphatic hydroxyl groups excluding tert-OH is 1. The van der Waals surface area contributed by atoms with Crippen molar-refractivity contribution in [3.63, 3.8) is 0 Å². The largest absolute Gasteiger partial charge is 0.458 e. The molecule has 5 rings (SSSR count). The molecule has 7 heteroatoms. The smallest absolute Gasteiger partial charge is 0.306 e. The van der Waals surface area contributed by atoms with Gasteiger partial charge in [0, 0.05) is 23.2 Å². The van der Waals surface area contributed by atoms with Gasteiger partial charge in [0.2, 0.25) is 5.78 Å². The van der Waals surface area contributed by atoms with Crippen LogP contribution in [0.25, 0.3) is 0 Å². The first-order chi connectivity index (χ1) is 24.1. The number of fused-ring (bicyclic) bond motifs is 7. The van der Waals surface area contributed by atoms with E-state index in [1.54, 1.807) is 12.2 Å². The highest BCUT2D eigenvalue weighted by Crippen LogP contribution is 2.69. The summed E-state index contributed by atoms with van der Waals surface area (Å²) in [5, 5.41) is 11.9. The van der Waals surface area contributed by atoms with Crippen molar-refractivity contribution >= 4 is 17.5 Å². The third kappa shape index (κ3) is 8.20. The van der Waals surface area contributed by atoms with Crippen molar-refractivity contribution in [2.75, 3.05) is 6.61 Å². The maximum Gasteiger partial charge on any atom is 0.306 e. The van der Waals surface area contributed by atoms with Crippen molar-refractivity contribution in [3.8, 4) is 0 Å². The average Bonchev–Trinajstić information content (AvgIpc) is 3.57. The molecule has 5 aliphatic rings. The predicted octanol–water partition coefficient (Wildman–Crippen LogP) is 9.53. The summed E-state index contributed by atoms with van der Waals surface area (Å²) in [5.41, 5.74) is -1.20. The van der Waals surface area contributed by atoms with E-state index in [-0.39, 0.29) is 47.3 Å². The molecular formula is C43H68O7. The van der Waals surface area contributed by atoms with Gasteiger partial charge in [0.1, 0.15) is 0 Å². The molecule has 50 heavy (non-hydrogen) atoms. The molecule has 0 bridgehead atoms. The highest BCUT2D eigenvalue weighted by atomic mass is 16.7. The van der Waals surface area contributed by atoms with Gasteiger partial charge in [0.25, 0.3) is 0 Å². The molecule has 1 N–H and O–H groups in total. The first kappa shape index (κ1) is 39.4. The SMILES string of the molecule is CCCCCCCCCCCCCCCCCC(=O)OCC(=O)[C@@]12O[C@H](CCC)O[C@@H]1C[C@H]1[C@@H]3CCC4=CC(=O)C=C[C@]4(C)[C@H]3[C@@H](O)C[C@@]12C. The van der Waals surface area contributed by atoms with E-state index in [0.717, 1.165) is 44.1 Å². The molecule has 282 valence electrons. The van der Waals surface area contributed by atoms with Gasteiger partial charge in [-0.2, -0.15) is 0 Å². The number of rotatable bonds is 21. The lowest BCUT2D eigenvalue weighted by Crippen LogP contribution is -2.63. The first-order valence-corrected chi connectivity index (χ1v) is 20.7. The lowest BCUT2D eigenvalue weighted by atomic mass is 9.46. The van der Waals surface area contributed by atoms with Crippen LogP contribution in [0, 0.1) is 28.6 Å². The number of carbonyl (C=O) groups is 3. The summed E-state index contributed by atoms with van der Waals surface area (Å²) in [6.07, 6.45) is 27.5. The predicted molar refractivity (Wildman–Crippen MR) is 196 cm³/mol. The Morgan fingerprint density at radius 2 is 1.52 bits per heavy atom. The van der Waals surface area contributed by atoms with Crippen LogP contribution in [0.4, 0.5) is 0 Å². The molecule has 7 nitrogen and oxygen atoms in total. The molecule has 0 aromatic heterocycles. The zero-order valence-corrected chi connectivity index (χ0v) is 31.9. The Labute approximate surface area is 302 Å². The minimum absolute atomic E-state index is 0.0175. The van der Waals surface area contributed by atoms with Gasteiger partial charge in [-0.05, 0) is 62.5 Å². The molecule has 4 fully saturated rings. The van der Waals surface area contributed by atoms with E-state index in [1.165, 1.54) is 77.0 Å². The van der Waals surface area contributed by atoms with Gasteiger partial charge in [-0.25, -0.2) is 0 Å². The van der Waals surface area contributed by atoms with Crippen LogP contribution in [0.1, 0.15) is 169 Å². The van der Waals surface area contributed by atoms with E-state index in [2.05, 4.69) is 27.7 Å². The molecule has 3 saturated carbocycles. The molecule has 0 aromatic rings. The second-order valence-electron chi connectivity index (χ2n) is 16.9. The van der Waals surface area contributed by atoms with Crippen LogP contribution in [0.2, 0.25) is 0 Å². The van der Waals surface area contributed by atoms with E-state index in [9.17, 15) is 19.5 Å². The highest BCUT2D eigenvalue weighted by molar-refractivity contribution is 6.01. The van der Waals surface area contributed by atoms with E-state index < -0.39 is 29.5 Å². The van der Waals surface area contributed by atoms with Crippen molar-refractivity contribution < 1.29 is 33.7 Å². The fraction of sp³-hybridized carbons (Fsp3) is 0.837. The number of hydrogen-bond donors (Lipinski definition) is 1. The van der Waals surface area contributed by atoms with Gasteiger partial charge in [-0.1, -0.05) is 136 Å². The summed E-state index contributed by atoms with van der Waals surface area (Å²) < 4.78 is 18.9.